The molecule has 0 aliphatic heterocycles. The van der Waals surface area contributed by atoms with Gasteiger partial charge in [-0.05, 0) is 46.0 Å². The fraction of sp³-hybridized carbons (Fsp3) is 0.909. The average Bonchev–Trinajstić information content (AvgIpc) is 2.52. The van der Waals surface area contributed by atoms with E-state index in [0.29, 0.717) is 5.92 Å². The lowest BCUT2D eigenvalue weighted by molar-refractivity contribution is -0.193. The van der Waals surface area contributed by atoms with Crippen molar-refractivity contribution in [1.82, 2.24) is 0 Å². The molecule has 2 atom stereocenters. The summed E-state index contributed by atoms with van der Waals surface area (Å²) in [5.41, 5.74) is -0.112. The smallest absolute Gasteiger partial charge is 0.155 e. The molecule has 0 aromatic rings. The standard InChI is InChI=1S/C22H44O2/c1-7-9-10-11-12-13-14-15-19-23-21(4)24-22(5,6)18-16-17-20(3)8-2/h8,20-21H,2,7,9-19H2,1,3-6H3. The third-order valence-electron chi connectivity index (χ3n) is 4.68. The van der Waals surface area contributed by atoms with Crippen molar-refractivity contribution in [3.63, 3.8) is 0 Å². The molecule has 24 heavy (non-hydrogen) atoms. The first-order valence-corrected chi connectivity index (χ1v) is 10.3. The van der Waals surface area contributed by atoms with Gasteiger partial charge in [0.25, 0.3) is 0 Å². The molecule has 2 nitrogen and oxygen atoms in total. The van der Waals surface area contributed by atoms with E-state index in [-0.39, 0.29) is 11.9 Å². The lowest BCUT2D eigenvalue weighted by atomic mass is 9.97. The highest BCUT2D eigenvalue weighted by Crippen LogP contribution is 2.22. The first kappa shape index (κ1) is 23.7. The fourth-order valence-corrected chi connectivity index (χ4v) is 3.00. The molecular weight excluding hydrogens is 296 g/mol. The molecule has 0 amide bonds. The van der Waals surface area contributed by atoms with Gasteiger partial charge in [-0.1, -0.05) is 71.3 Å². The zero-order chi connectivity index (χ0) is 18.3. The summed E-state index contributed by atoms with van der Waals surface area (Å²) in [4.78, 5) is 0. The second-order valence-corrected chi connectivity index (χ2v) is 7.90. The van der Waals surface area contributed by atoms with Gasteiger partial charge >= 0.3 is 0 Å². The summed E-state index contributed by atoms with van der Waals surface area (Å²) in [5, 5.41) is 0. The van der Waals surface area contributed by atoms with Crippen molar-refractivity contribution in [3.8, 4) is 0 Å². The zero-order valence-corrected chi connectivity index (χ0v) is 17.2. The van der Waals surface area contributed by atoms with Gasteiger partial charge in [0.2, 0.25) is 0 Å². The normalized spacial score (nSPS) is 14.5. The molecule has 0 spiro atoms. The molecule has 0 aliphatic carbocycles. The molecule has 0 N–H and O–H groups in total. The van der Waals surface area contributed by atoms with Crippen molar-refractivity contribution < 1.29 is 9.47 Å². The van der Waals surface area contributed by atoms with E-state index in [2.05, 4.69) is 34.3 Å². The minimum atomic E-state index is -0.112. The van der Waals surface area contributed by atoms with Crippen molar-refractivity contribution >= 4 is 0 Å². The largest absolute Gasteiger partial charge is 0.353 e. The SMILES string of the molecule is C=CC(C)CCCC(C)(C)OC(C)OCCCCCCCCCC. The van der Waals surface area contributed by atoms with Crippen LogP contribution in [0.2, 0.25) is 0 Å². The van der Waals surface area contributed by atoms with E-state index in [9.17, 15) is 0 Å². The Labute approximate surface area is 152 Å². The Morgan fingerprint density at radius 3 is 2.08 bits per heavy atom. The van der Waals surface area contributed by atoms with Crippen LogP contribution < -0.4 is 0 Å². The Bertz CT molecular complexity index is 286. The highest BCUT2D eigenvalue weighted by Gasteiger charge is 2.21. The van der Waals surface area contributed by atoms with Crippen LogP contribution in [-0.4, -0.2) is 18.5 Å². The number of ether oxygens (including phenoxy) is 2. The molecule has 0 aromatic heterocycles. The second-order valence-electron chi connectivity index (χ2n) is 7.90. The van der Waals surface area contributed by atoms with Gasteiger partial charge in [-0.25, -0.2) is 0 Å². The predicted molar refractivity (Wildman–Crippen MR) is 106 cm³/mol. The van der Waals surface area contributed by atoms with Crippen LogP contribution in [0.5, 0.6) is 0 Å². The van der Waals surface area contributed by atoms with E-state index in [1.165, 1.54) is 57.8 Å². The zero-order valence-electron chi connectivity index (χ0n) is 17.2. The van der Waals surface area contributed by atoms with Gasteiger partial charge < -0.3 is 9.47 Å². The molecule has 0 saturated heterocycles. The van der Waals surface area contributed by atoms with E-state index >= 15 is 0 Å². The third-order valence-corrected chi connectivity index (χ3v) is 4.68. The van der Waals surface area contributed by atoms with Crippen molar-refractivity contribution in [3.05, 3.63) is 12.7 Å². The lowest BCUT2D eigenvalue weighted by Gasteiger charge is -2.29. The number of allylic oxidation sites excluding steroid dienone is 1. The Hall–Kier alpha value is -0.340. The van der Waals surface area contributed by atoms with Gasteiger partial charge in [0, 0.05) is 6.61 Å². The number of rotatable bonds is 17. The first-order valence-electron chi connectivity index (χ1n) is 10.3. The average molecular weight is 341 g/mol. The van der Waals surface area contributed by atoms with Crippen LogP contribution in [0.4, 0.5) is 0 Å². The topological polar surface area (TPSA) is 18.5 Å². The monoisotopic (exact) mass is 340 g/mol. The van der Waals surface area contributed by atoms with Crippen molar-refractivity contribution in [2.75, 3.05) is 6.61 Å². The lowest BCUT2D eigenvalue weighted by Crippen LogP contribution is -2.31. The summed E-state index contributed by atoms with van der Waals surface area (Å²) in [7, 11) is 0. The van der Waals surface area contributed by atoms with Crippen LogP contribution in [-0.2, 0) is 9.47 Å². The van der Waals surface area contributed by atoms with Gasteiger partial charge in [0.15, 0.2) is 6.29 Å². The highest BCUT2D eigenvalue weighted by molar-refractivity contribution is 4.76. The van der Waals surface area contributed by atoms with Crippen molar-refractivity contribution in [2.24, 2.45) is 5.92 Å². The van der Waals surface area contributed by atoms with Gasteiger partial charge in [-0.3, -0.25) is 0 Å². The Morgan fingerprint density at radius 1 is 0.917 bits per heavy atom. The molecular formula is C22H44O2. The van der Waals surface area contributed by atoms with E-state index in [0.717, 1.165) is 19.4 Å². The van der Waals surface area contributed by atoms with Gasteiger partial charge in [0.1, 0.15) is 0 Å². The predicted octanol–water partition coefficient (Wildman–Crippen LogP) is 7.28. The van der Waals surface area contributed by atoms with Crippen LogP contribution in [0.15, 0.2) is 12.7 Å². The van der Waals surface area contributed by atoms with E-state index in [4.69, 9.17) is 9.47 Å². The molecule has 0 heterocycles. The Balaban J connectivity index is 3.58. The molecule has 2 unspecified atom stereocenters. The molecule has 0 radical (unpaired) electrons. The number of hydrogen-bond donors (Lipinski definition) is 0. The molecule has 0 bridgehead atoms. The minimum absolute atomic E-state index is 0.110. The van der Waals surface area contributed by atoms with Crippen molar-refractivity contribution in [2.45, 2.75) is 117 Å². The molecule has 0 aromatic carbocycles. The summed E-state index contributed by atoms with van der Waals surface area (Å²) in [6, 6.07) is 0. The van der Waals surface area contributed by atoms with Crippen LogP contribution in [0.25, 0.3) is 0 Å². The van der Waals surface area contributed by atoms with E-state index in [1.807, 2.05) is 13.0 Å². The number of unbranched alkanes of at least 4 members (excludes halogenated alkanes) is 7. The third kappa shape index (κ3) is 15.2. The van der Waals surface area contributed by atoms with E-state index < -0.39 is 0 Å². The van der Waals surface area contributed by atoms with Crippen LogP contribution in [0.1, 0.15) is 105 Å². The van der Waals surface area contributed by atoms with Crippen LogP contribution in [0, 0.1) is 5.92 Å². The summed E-state index contributed by atoms with van der Waals surface area (Å²) < 4.78 is 11.9. The van der Waals surface area contributed by atoms with Crippen LogP contribution in [0.3, 0.4) is 0 Å². The minimum Gasteiger partial charge on any atom is -0.353 e. The Morgan fingerprint density at radius 2 is 1.50 bits per heavy atom. The molecule has 2 heteroatoms. The summed E-state index contributed by atoms with van der Waals surface area (Å²) in [6.07, 6.45) is 16.0. The quantitative estimate of drug-likeness (QED) is 0.157. The highest BCUT2D eigenvalue weighted by atomic mass is 16.7. The molecule has 0 saturated carbocycles. The summed E-state index contributed by atoms with van der Waals surface area (Å²) >= 11 is 0. The molecule has 0 fully saturated rings. The fourth-order valence-electron chi connectivity index (χ4n) is 3.00. The molecule has 144 valence electrons. The summed E-state index contributed by atoms with van der Waals surface area (Å²) in [6.45, 7) is 15.5. The first-order chi connectivity index (χ1) is 11.4. The molecule has 0 aliphatic rings. The number of hydrogen-bond acceptors (Lipinski definition) is 2. The summed E-state index contributed by atoms with van der Waals surface area (Å²) in [5.74, 6) is 0.594. The van der Waals surface area contributed by atoms with Crippen LogP contribution >= 0.6 is 0 Å². The second kappa shape index (κ2) is 15.0. The molecule has 0 rings (SSSR count). The Kier molecular flexibility index (Phi) is 14.7. The van der Waals surface area contributed by atoms with Gasteiger partial charge in [-0.15, -0.1) is 6.58 Å². The maximum absolute atomic E-state index is 6.08. The van der Waals surface area contributed by atoms with Crippen molar-refractivity contribution in [1.29, 1.82) is 0 Å². The van der Waals surface area contributed by atoms with Gasteiger partial charge in [-0.2, -0.15) is 0 Å². The maximum Gasteiger partial charge on any atom is 0.155 e. The van der Waals surface area contributed by atoms with E-state index in [1.54, 1.807) is 0 Å². The maximum atomic E-state index is 6.08. The van der Waals surface area contributed by atoms with Gasteiger partial charge in [0.05, 0.1) is 5.60 Å².